The number of halogens is 3. The zero-order valence-electron chi connectivity index (χ0n) is 19.1. The number of Topliss-reactive ketones (excluding diaryl/α,β-unsaturated/α-hetero) is 1. The topological polar surface area (TPSA) is 126 Å². The van der Waals surface area contributed by atoms with Gasteiger partial charge in [0.2, 0.25) is 0 Å². The number of rotatable bonds is 7. The van der Waals surface area contributed by atoms with E-state index < -0.39 is 40.3 Å². The summed E-state index contributed by atoms with van der Waals surface area (Å²) in [6.45, 7) is -0.807. The Morgan fingerprint density at radius 2 is 1.72 bits per heavy atom. The first kappa shape index (κ1) is 26.9. The van der Waals surface area contributed by atoms with Crippen LogP contribution >= 0.6 is 0 Å². The summed E-state index contributed by atoms with van der Waals surface area (Å²) in [7, 11) is -1.71. The second-order valence-electron chi connectivity index (χ2n) is 7.85. The Morgan fingerprint density at radius 3 is 2.25 bits per heavy atom. The van der Waals surface area contributed by atoms with Crippen molar-refractivity contribution in [1.29, 1.82) is 0 Å². The molecule has 1 fully saturated rings. The fourth-order valence-electron chi connectivity index (χ4n) is 3.31. The van der Waals surface area contributed by atoms with Crippen molar-refractivity contribution in [1.82, 2.24) is 15.2 Å². The minimum absolute atomic E-state index is 0.0233. The normalized spacial score (nSPS) is 15.2. The zero-order valence-corrected chi connectivity index (χ0v) is 19.9. The van der Waals surface area contributed by atoms with Gasteiger partial charge in [-0.1, -0.05) is 0 Å². The molecule has 10 nitrogen and oxygen atoms in total. The van der Waals surface area contributed by atoms with Crippen molar-refractivity contribution >= 4 is 33.2 Å². The third kappa shape index (κ3) is 6.93. The molecule has 14 heteroatoms. The van der Waals surface area contributed by atoms with Gasteiger partial charge in [-0.2, -0.15) is 13.2 Å². The smallest absolute Gasteiger partial charge is 0.471 e. The first-order chi connectivity index (χ1) is 16.9. The Hall–Kier alpha value is -3.68. The summed E-state index contributed by atoms with van der Waals surface area (Å²) in [4.78, 5) is 43.2. The number of nitrogens with one attached hydrogen (secondary N) is 1. The minimum Gasteiger partial charge on any atom is -0.497 e. The first-order valence-electron chi connectivity index (χ1n) is 10.6. The molecule has 1 aliphatic rings. The van der Waals surface area contributed by atoms with Gasteiger partial charge in [-0.25, -0.2) is 13.2 Å². The third-order valence-corrected chi connectivity index (χ3v) is 6.97. The van der Waals surface area contributed by atoms with Crippen LogP contribution in [0.4, 0.5) is 23.7 Å². The highest BCUT2D eigenvalue weighted by atomic mass is 32.2. The molecule has 0 unspecified atom stereocenters. The molecule has 36 heavy (non-hydrogen) atoms. The fraction of sp³-hybridized carbons (Fsp3) is 0.364. The average molecular weight is 529 g/mol. The zero-order chi connectivity index (χ0) is 26.5. The number of ether oxygens (including phenoxy) is 1. The van der Waals surface area contributed by atoms with Crippen LogP contribution in [0.5, 0.6) is 5.75 Å². The predicted molar refractivity (Wildman–Crippen MR) is 122 cm³/mol. The number of carbonyl (C=O) groups excluding carboxylic acids is 3. The molecule has 2 aromatic rings. The number of pyridine rings is 1. The van der Waals surface area contributed by atoms with Crippen molar-refractivity contribution in [3.8, 4) is 5.75 Å². The summed E-state index contributed by atoms with van der Waals surface area (Å²) in [6, 6.07) is 8.93. The Balaban J connectivity index is 1.75. The highest BCUT2D eigenvalue weighted by Crippen LogP contribution is 2.23. The van der Waals surface area contributed by atoms with Crippen LogP contribution in [0.1, 0.15) is 16.1 Å². The molecule has 1 N–H and O–H groups in total. The lowest BCUT2D eigenvalue weighted by Gasteiger charge is -2.33. The summed E-state index contributed by atoms with van der Waals surface area (Å²) >= 11 is 0. The predicted octanol–water partition coefficient (Wildman–Crippen LogP) is 1.81. The molecular weight excluding hydrogens is 505 g/mol. The van der Waals surface area contributed by atoms with E-state index in [2.05, 4.69) is 4.98 Å². The van der Waals surface area contributed by atoms with Crippen molar-refractivity contribution in [3.63, 3.8) is 0 Å². The molecule has 0 aliphatic carbocycles. The van der Waals surface area contributed by atoms with Crippen LogP contribution in [0.2, 0.25) is 0 Å². The number of methoxy groups -OCH3 is 1. The van der Waals surface area contributed by atoms with Gasteiger partial charge in [0.05, 0.1) is 37.4 Å². The molecule has 0 saturated carbocycles. The van der Waals surface area contributed by atoms with Crippen LogP contribution in [0.25, 0.3) is 0 Å². The minimum atomic E-state index is -5.10. The van der Waals surface area contributed by atoms with Gasteiger partial charge in [-0.05, 0) is 36.4 Å². The number of nitrogens with zero attached hydrogens (tertiary/aromatic N) is 3. The van der Waals surface area contributed by atoms with E-state index in [1.807, 2.05) is 0 Å². The number of urea groups is 1. The summed E-state index contributed by atoms with van der Waals surface area (Å²) < 4.78 is 65.5. The highest BCUT2D eigenvalue weighted by Gasteiger charge is 2.38. The summed E-state index contributed by atoms with van der Waals surface area (Å²) in [5, 5.41) is 1.50. The number of hydrogen-bond donors (Lipinski definition) is 1. The molecule has 0 radical (unpaired) electrons. The summed E-state index contributed by atoms with van der Waals surface area (Å²) in [6.07, 6.45) is -3.96. The van der Waals surface area contributed by atoms with Crippen LogP contribution in [0.3, 0.4) is 0 Å². The van der Waals surface area contributed by atoms with Gasteiger partial charge in [0.15, 0.2) is 15.6 Å². The Labute approximate surface area is 205 Å². The molecule has 2 heterocycles. The molecule has 0 bridgehead atoms. The number of benzene rings is 1. The van der Waals surface area contributed by atoms with Crippen molar-refractivity contribution in [2.75, 3.05) is 43.1 Å². The number of ketones is 1. The Morgan fingerprint density at radius 1 is 1.08 bits per heavy atom. The van der Waals surface area contributed by atoms with Gasteiger partial charge < -0.3 is 15.0 Å². The quantitative estimate of drug-likeness (QED) is 0.544. The van der Waals surface area contributed by atoms with E-state index in [1.54, 1.807) is 24.3 Å². The van der Waals surface area contributed by atoms with Crippen LogP contribution in [-0.2, 0) is 21.2 Å². The number of aromatic nitrogens is 1. The van der Waals surface area contributed by atoms with Crippen molar-refractivity contribution < 1.29 is 40.7 Å². The fourth-order valence-corrected chi connectivity index (χ4v) is 4.51. The van der Waals surface area contributed by atoms with E-state index in [0.717, 1.165) is 6.20 Å². The second kappa shape index (κ2) is 10.9. The molecular formula is C22H23F3N4O6S. The Bertz CT molecular complexity index is 1200. The van der Waals surface area contributed by atoms with Gasteiger partial charge in [-0.15, -0.1) is 0 Å². The van der Waals surface area contributed by atoms with Gasteiger partial charge >= 0.3 is 18.1 Å². The summed E-state index contributed by atoms with van der Waals surface area (Å²) in [5.74, 6) is -2.72. The maximum Gasteiger partial charge on any atom is 0.471 e. The van der Waals surface area contributed by atoms with Gasteiger partial charge in [-0.3, -0.25) is 19.5 Å². The van der Waals surface area contributed by atoms with E-state index in [-0.39, 0.29) is 36.7 Å². The van der Waals surface area contributed by atoms with E-state index in [0.29, 0.717) is 17.1 Å². The molecule has 1 aromatic heterocycles. The standard InChI is InChI=1S/C22H23F3N4O6S/c1-35-18-6-4-17(5-7-18)29(21(32)28-8-10-36(33,34)11-9-28)14-16-3-2-15(12-26-16)19(30)13-27-20(31)22(23,24)25/h2-7,12H,8-11,13-14H2,1H3,(H,27,31). The molecule has 1 aliphatic heterocycles. The van der Waals surface area contributed by atoms with E-state index in [1.165, 1.54) is 34.4 Å². The number of hydrogen-bond acceptors (Lipinski definition) is 7. The Kier molecular flexibility index (Phi) is 8.17. The second-order valence-corrected chi connectivity index (χ2v) is 10.2. The molecule has 0 spiro atoms. The largest absolute Gasteiger partial charge is 0.497 e. The highest BCUT2D eigenvalue weighted by molar-refractivity contribution is 7.91. The van der Waals surface area contributed by atoms with Gasteiger partial charge in [0, 0.05) is 30.5 Å². The maximum absolute atomic E-state index is 13.3. The van der Waals surface area contributed by atoms with Gasteiger partial charge in [0.1, 0.15) is 5.75 Å². The molecule has 1 aromatic carbocycles. The molecule has 1 saturated heterocycles. The first-order valence-corrected chi connectivity index (χ1v) is 12.5. The van der Waals surface area contributed by atoms with Gasteiger partial charge in [0.25, 0.3) is 0 Å². The van der Waals surface area contributed by atoms with Crippen LogP contribution in [0, 0.1) is 0 Å². The molecule has 0 atom stereocenters. The lowest BCUT2D eigenvalue weighted by Crippen LogP contribution is -2.49. The number of amides is 3. The third-order valence-electron chi connectivity index (χ3n) is 5.36. The molecule has 3 amide bonds. The number of sulfone groups is 1. The number of alkyl halides is 3. The number of carbonyl (C=O) groups is 3. The lowest BCUT2D eigenvalue weighted by atomic mass is 10.1. The van der Waals surface area contributed by atoms with Crippen LogP contribution in [0.15, 0.2) is 42.6 Å². The van der Waals surface area contributed by atoms with E-state index in [4.69, 9.17) is 4.74 Å². The van der Waals surface area contributed by atoms with Crippen molar-refractivity contribution in [2.24, 2.45) is 0 Å². The van der Waals surface area contributed by atoms with E-state index in [9.17, 15) is 36.0 Å². The monoisotopic (exact) mass is 528 g/mol. The SMILES string of the molecule is COc1ccc(N(Cc2ccc(C(=O)CNC(=O)C(F)(F)F)cn2)C(=O)N2CCS(=O)(=O)CC2)cc1. The van der Waals surface area contributed by atoms with Crippen molar-refractivity contribution in [3.05, 3.63) is 53.9 Å². The molecule has 194 valence electrons. The lowest BCUT2D eigenvalue weighted by molar-refractivity contribution is -0.173. The summed E-state index contributed by atoms with van der Waals surface area (Å²) in [5.41, 5.74) is 0.829. The number of anilines is 1. The van der Waals surface area contributed by atoms with Crippen LogP contribution in [-0.4, -0.2) is 80.4 Å². The van der Waals surface area contributed by atoms with Crippen molar-refractivity contribution in [2.45, 2.75) is 12.7 Å². The average Bonchev–Trinajstić information content (AvgIpc) is 2.85. The van der Waals surface area contributed by atoms with Crippen LogP contribution < -0.4 is 15.0 Å². The molecule has 3 rings (SSSR count). The van der Waals surface area contributed by atoms with E-state index >= 15 is 0 Å². The maximum atomic E-state index is 13.3.